The second kappa shape index (κ2) is 9.60. The maximum absolute atomic E-state index is 6.07. The van der Waals surface area contributed by atoms with Crippen LogP contribution < -0.4 is 20.9 Å². The van der Waals surface area contributed by atoms with Crippen LogP contribution in [0.4, 0.5) is 17.3 Å². The molecule has 0 spiro atoms. The van der Waals surface area contributed by atoms with E-state index in [1.807, 2.05) is 55.9 Å². The van der Waals surface area contributed by atoms with Crippen molar-refractivity contribution >= 4 is 46.0 Å². The Morgan fingerprint density at radius 3 is 2.55 bits per heavy atom. The van der Waals surface area contributed by atoms with E-state index in [4.69, 9.17) is 21.7 Å². The molecule has 3 N–H and O–H groups in total. The molecular formula is C23H26N6O2S2. The number of anilines is 3. The van der Waals surface area contributed by atoms with E-state index >= 15 is 0 Å². The number of benzene rings is 1. The van der Waals surface area contributed by atoms with Gasteiger partial charge in [-0.3, -0.25) is 0 Å². The number of thiophene rings is 1. The molecule has 2 aromatic heterocycles. The van der Waals surface area contributed by atoms with Gasteiger partial charge in [0, 0.05) is 31.7 Å². The van der Waals surface area contributed by atoms with Gasteiger partial charge >= 0.3 is 0 Å². The van der Waals surface area contributed by atoms with E-state index in [9.17, 15) is 0 Å². The first-order valence-corrected chi connectivity index (χ1v) is 12.1. The van der Waals surface area contributed by atoms with E-state index in [1.165, 1.54) is 0 Å². The molecule has 0 unspecified atom stereocenters. The minimum Gasteiger partial charge on any atom is -0.378 e. The molecule has 33 heavy (non-hydrogen) atoms. The number of ether oxygens (including phenoxy) is 2. The topological polar surface area (TPSA) is 83.6 Å². The molecule has 3 aromatic rings. The minimum absolute atomic E-state index is 0.0266. The number of hydrogen-bond acceptors (Lipinski definition) is 8. The van der Waals surface area contributed by atoms with E-state index in [0.29, 0.717) is 24.3 Å². The predicted octanol–water partition coefficient (Wildman–Crippen LogP) is 3.20. The van der Waals surface area contributed by atoms with Gasteiger partial charge in [0.1, 0.15) is 12.2 Å². The van der Waals surface area contributed by atoms with E-state index in [0.717, 1.165) is 21.9 Å². The molecule has 172 valence electrons. The van der Waals surface area contributed by atoms with E-state index < -0.39 is 0 Å². The summed E-state index contributed by atoms with van der Waals surface area (Å²) in [6.45, 7) is 1.04. The van der Waals surface area contributed by atoms with Crippen LogP contribution in [-0.2, 0) is 9.47 Å². The summed E-state index contributed by atoms with van der Waals surface area (Å²) < 4.78 is 12.1. The highest BCUT2D eigenvalue weighted by atomic mass is 32.1. The Morgan fingerprint density at radius 2 is 1.82 bits per heavy atom. The fraction of sp³-hybridized carbons (Fsp3) is 0.348. The number of rotatable bonds is 6. The number of hydrogen-bond donors (Lipinski definition) is 3. The van der Waals surface area contributed by atoms with Crippen molar-refractivity contribution in [3.8, 4) is 10.6 Å². The quantitative estimate of drug-likeness (QED) is 0.459. The van der Waals surface area contributed by atoms with Gasteiger partial charge in [-0.2, -0.15) is 0 Å². The maximum Gasteiger partial charge on any atom is 0.223 e. The fourth-order valence-electron chi connectivity index (χ4n) is 4.08. The largest absolute Gasteiger partial charge is 0.378 e. The molecule has 0 aliphatic carbocycles. The Hall–Kier alpha value is -2.79. The summed E-state index contributed by atoms with van der Waals surface area (Å²) in [4.78, 5) is 12.2. The van der Waals surface area contributed by atoms with Gasteiger partial charge in [0.25, 0.3) is 0 Å². The zero-order valence-corrected chi connectivity index (χ0v) is 20.0. The van der Waals surface area contributed by atoms with Gasteiger partial charge in [0.15, 0.2) is 5.11 Å². The summed E-state index contributed by atoms with van der Waals surface area (Å²) in [5.74, 6) is 0.577. The number of thiocarbonyl (C=S) groups is 1. The molecule has 5 rings (SSSR count). The number of nitrogens with zero attached hydrogens (tertiary/aromatic N) is 3. The van der Waals surface area contributed by atoms with Crippen molar-refractivity contribution in [2.45, 2.75) is 24.3 Å². The number of nitrogens with one attached hydrogen (secondary N) is 3. The second-order valence-electron chi connectivity index (χ2n) is 8.24. The van der Waals surface area contributed by atoms with E-state index in [-0.39, 0.29) is 24.3 Å². The van der Waals surface area contributed by atoms with Crippen LogP contribution in [0.15, 0.2) is 54.0 Å². The molecule has 2 aliphatic rings. The van der Waals surface area contributed by atoms with E-state index in [1.54, 1.807) is 17.5 Å². The summed E-state index contributed by atoms with van der Waals surface area (Å²) in [7, 11) is 4.03. The lowest BCUT2D eigenvalue weighted by molar-refractivity contribution is 0.0689. The molecule has 2 saturated heterocycles. The van der Waals surface area contributed by atoms with Gasteiger partial charge in [-0.05, 0) is 54.0 Å². The van der Waals surface area contributed by atoms with Crippen LogP contribution in [0.2, 0.25) is 0 Å². The molecule has 8 nitrogen and oxygen atoms in total. The van der Waals surface area contributed by atoms with Crippen LogP contribution in [0.1, 0.15) is 0 Å². The fourth-order valence-corrected chi connectivity index (χ4v) is 5.05. The molecule has 0 bridgehead atoms. The smallest absolute Gasteiger partial charge is 0.223 e. The monoisotopic (exact) mass is 482 g/mol. The first-order valence-electron chi connectivity index (χ1n) is 10.8. The van der Waals surface area contributed by atoms with Crippen molar-refractivity contribution in [2.75, 3.05) is 42.8 Å². The lowest BCUT2D eigenvalue weighted by Crippen LogP contribution is -2.46. The molecule has 2 fully saturated rings. The average Bonchev–Trinajstić information content (AvgIpc) is 3.55. The molecule has 4 atom stereocenters. The summed E-state index contributed by atoms with van der Waals surface area (Å²) in [5, 5.41) is 12.6. The second-order valence-corrected chi connectivity index (χ2v) is 9.59. The van der Waals surface area contributed by atoms with Gasteiger partial charge in [-0.1, -0.05) is 6.07 Å². The third kappa shape index (κ3) is 4.93. The maximum atomic E-state index is 6.07. The summed E-state index contributed by atoms with van der Waals surface area (Å²) in [6, 6.07) is 14.0. The first kappa shape index (κ1) is 22.0. The predicted molar refractivity (Wildman–Crippen MR) is 136 cm³/mol. The van der Waals surface area contributed by atoms with Crippen molar-refractivity contribution in [3.63, 3.8) is 0 Å². The SMILES string of the molecule is CN(C)c1ccc(NC(=S)N[C@H]2CO[C@H]3[C@@H]2OC[C@@H]3Nc2nccc(-c3cccs3)n2)cc1. The lowest BCUT2D eigenvalue weighted by atomic mass is 10.1. The molecule has 4 heterocycles. The Balaban J connectivity index is 1.17. The Kier molecular flexibility index (Phi) is 6.41. The van der Waals surface area contributed by atoms with Crippen LogP contribution in [-0.4, -0.2) is 66.7 Å². The van der Waals surface area contributed by atoms with Crippen molar-refractivity contribution < 1.29 is 9.47 Å². The molecule has 10 heteroatoms. The highest BCUT2D eigenvalue weighted by Gasteiger charge is 2.48. The van der Waals surface area contributed by atoms with Crippen molar-refractivity contribution in [1.29, 1.82) is 0 Å². The van der Waals surface area contributed by atoms with Crippen molar-refractivity contribution in [2.24, 2.45) is 0 Å². The standard InChI is InChI=1S/C23H26N6O2S2/c1-29(2)15-7-5-14(6-8-15)25-23(32)28-18-13-31-20-17(12-30-21(18)20)27-22-24-10-9-16(26-22)19-4-3-11-33-19/h3-11,17-18,20-21H,12-13H2,1-2H3,(H,24,26,27)(H2,25,28,32)/t17-,18-,20+,21+/m0/s1. The third-order valence-corrected chi connectivity index (χ3v) is 6.87. The highest BCUT2D eigenvalue weighted by Crippen LogP contribution is 2.29. The zero-order chi connectivity index (χ0) is 22.8. The molecule has 1 aromatic carbocycles. The van der Waals surface area contributed by atoms with Crippen LogP contribution in [0.3, 0.4) is 0 Å². The van der Waals surface area contributed by atoms with Crippen molar-refractivity contribution in [1.82, 2.24) is 15.3 Å². The Labute approximate surface area is 202 Å². The van der Waals surface area contributed by atoms with Gasteiger partial charge in [0.2, 0.25) is 5.95 Å². The molecule has 2 aliphatic heterocycles. The molecular weight excluding hydrogens is 456 g/mol. The third-order valence-electron chi connectivity index (χ3n) is 5.76. The summed E-state index contributed by atoms with van der Waals surface area (Å²) in [5.41, 5.74) is 2.97. The Morgan fingerprint density at radius 1 is 1.06 bits per heavy atom. The van der Waals surface area contributed by atoms with Crippen LogP contribution in [0, 0.1) is 0 Å². The lowest BCUT2D eigenvalue weighted by Gasteiger charge is -2.20. The van der Waals surface area contributed by atoms with Crippen LogP contribution in [0.5, 0.6) is 0 Å². The molecule has 0 radical (unpaired) electrons. The van der Waals surface area contributed by atoms with Crippen LogP contribution in [0.25, 0.3) is 10.6 Å². The molecule has 0 amide bonds. The first-order chi connectivity index (χ1) is 16.1. The summed E-state index contributed by atoms with van der Waals surface area (Å²) in [6.07, 6.45) is 1.57. The Bertz CT molecular complexity index is 1090. The normalized spacial score (nSPS) is 23.7. The van der Waals surface area contributed by atoms with Gasteiger partial charge in [0.05, 0.1) is 35.9 Å². The average molecular weight is 483 g/mol. The summed E-state index contributed by atoms with van der Waals surface area (Å²) >= 11 is 7.18. The van der Waals surface area contributed by atoms with Crippen molar-refractivity contribution in [3.05, 3.63) is 54.0 Å². The van der Waals surface area contributed by atoms with Gasteiger partial charge in [-0.25, -0.2) is 9.97 Å². The highest BCUT2D eigenvalue weighted by molar-refractivity contribution is 7.80. The van der Waals surface area contributed by atoms with Gasteiger partial charge < -0.3 is 30.3 Å². The molecule has 0 saturated carbocycles. The van der Waals surface area contributed by atoms with E-state index in [2.05, 4.69) is 36.9 Å². The number of fused-ring (bicyclic) bond motifs is 1. The number of aromatic nitrogens is 2. The minimum atomic E-state index is -0.0985. The van der Waals surface area contributed by atoms with Gasteiger partial charge in [-0.15, -0.1) is 11.3 Å². The van der Waals surface area contributed by atoms with Crippen LogP contribution >= 0.6 is 23.6 Å². The zero-order valence-electron chi connectivity index (χ0n) is 18.4.